The molecule has 88 valence electrons. The molecule has 1 aliphatic rings. The Morgan fingerprint density at radius 2 is 2.29 bits per heavy atom. The van der Waals surface area contributed by atoms with Crippen LogP contribution in [0.3, 0.4) is 0 Å². The Morgan fingerprint density at radius 1 is 1.41 bits per heavy atom. The van der Waals surface area contributed by atoms with Crippen LogP contribution in [-0.4, -0.2) is 5.16 Å². The van der Waals surface area contributed by atoms with E-state index in [1.54, 1.807) is 0 Å². The average Bonchev–Trinajstić information content (AvgIpc) is 2.74. The number of nitrogen functional groups attached to an aromatic ring is 1. The molecule has 0 saturated carbocycles. The summed E-state index contributed by atoms with van der Waals surface area (Å²) < 4.78 is 4.97. The Balaban J connectivity index is 2.10. The number of nitrogens with two attached hydrogens (primary N) is 1. The molecule has 2 N–H and O–H groups in total. The molecule has 1 atom stereocenters. The first-order valence-corrected chi connectivity index (χ1v) is 6.05. The lowest BCUT2D eigenvalue weighted by Crippen LogP contribution is -2.12. The van der Waals surface area contributed by atoms with Crippen molar-refractivity contribution in [3.8, 4) is 0 Å². The smallest absolute Gasteiger partial charge is 0.147 e. The number of hydrogen-bond donors (Lipinski definition) is 1. The highest BCUT2D eigenvalue weighted by molar-refractivity contribution is 5.48. The van der Waals surface area contributed by atoms with E-state index in [4.69, 9.17) is 10.3 Å². The second-order valence-electron chi connectivity index (χ2n) is 4.80. The standard InChI is InChI=1S/C14H16N2O/c1-9-5-6-10-3-2-4-11(12(10)7-9)14-13(15)8-17-16-14/h5-8,11H,2-4,15H2,1H3. The van der Waals surface area contributed by atoms with Gasteiger partial charge in [0.1, 0.15) is 12.0 Å². The predicted molar refractivity (Wildman–Crippen MR) is 66.9 cm³/mol. The van der Waals surface area contributed by atoms with Crippen molar-refractivity contribution < 1.29 is 4.52 Å². The molecule has 0 spiro atoms. The fraction of sp³-hybridized carbons (Fsp3) is 0.357. The number of fused-ring (bicyclic) bond motifs is 1. The summed E-state index contributed by atoms with van der Waals surface area (Å²) in [4.78, 5) is 0. The van der Waals surface area contributed by atoms with Gasteiger partial charge >= 0.3 is 0 Å². The summed E-state index contributed by atoms with van der Waals surface area (Å²) in [5.41, 5.74) is 11.6. The topological polar surface area (TPSA) is 52.0 Å². The summed E-state index contributed by atoms with van der Waals surface area (Å²) in [5, 5.41) is 4.07. The molecule has 17 heavy (non-hydrogen) atoms. The number of anilines is 1. The van der Waals surface area contributed by atoms with Gasteiger partial charge in [-0.25, -0.2) is 0 Å². The van der Waals surface area contributed by atoms with Gasteiger partial charge in [0.2, 0.25) is 0 Å². The van der Waals surface area contributed by atoms with Crippen molar-refractivity contribution >= 4 is 5.69 Å². The third-order valence-electron chi connectivity index (χ3n) is 3.57. The number of nitrogens with zero attached hydrogens (tertiary/aromatic N) is 1. The molecule has 1 unspecified atom stereocenters. The molecule has 0 bridgehead atoms. The molecule has 3 rings (SSSR count). The molecule has 0 fully saturated rings. The molecule has 0 amide bonds. The van der Waals surface area contributed by atoms with Gasteiger partial charge in [-0.1, -0.05) is 28.9 Å². The highest BCUT2D eigenvalue weighted by atomic mass is 16.5. The van der Waals surface area contributed by atoms with Crippen molar-refractivity contribution in [1.82, 2.24) is 5.16 Å². The van der Waals surface area contributed by atoms with Gasteiger partial charge in [-0.2, -0.15) is 0 Å². The fourth-order valence-corrected chi connectivity index (χ4v) is 2.72. The summed E-state index contributed by atoms with van der Waals surface area (Å²) in [6.45, 7) is 2.12. The van der Waals surface area contributed by atoms with E-state index in [-0.39, 0.29) is 0 Å². The normalized spacial score (nSPS) is 19.0. The third kappa shape index (κ3) is 1.71. The summed E-state index contributed by atoms with van der Waals surface area (Å²) in [6, 6.07) is 6.66. The Kier molecular flexibility index (Phi) is 2.39. The molecule has 0 radical (unpaired) electrons. The Hall–Kier alpha value is -1.77. The van der Waals surface area contributed by atoms with Crippen molar-refractivity contribution in [2.24, 2.45) is 0 Å². The van der Waals surface area contributed by atoms with Crippen LogP contribution in [0.4, 0.5) is 5.69 Å². The second kappa shape index (κ2) is 3.91. The van der Waals surface area contributed by atoms with Gasteiger partial charge in [-0.15, -0.1) is 0 Å². The van der Waals surface area contributed by atoms with Gasteiger partial charge in [0, 0.05) is 5.92 Å². The van der Waals surface area contributed by atoms with Crippen LogP contribution in [0, 0.1) is 6.92 Å². The van der Waals surface area contributed by atoms with Gasteiger partial charge in [0.25, 0.3) is 0 Å². The summed E-state index contributed by atoms with van der Waals surface area (Å²) >= 11 is 0. The van der Waals surface area contributed by atoms with E-state index in [1.807, 2.05) is 0 Å². The molecular weight excluding hydrogens is 212 g/mol. The van der Waals surface area contributed by atoms with Crippen LogP contribution in [0.25, 0.3) is 0 Å². The first-order chi connectivity index (χ1) is 8.25. The van der Waals surface area contributed by atoms with Crippen LogP contribution in [0.2, 0.25) is 0 Å². The van der Waals surface area contributed by atoms with Crippen molar-refractivity contribution in [3.63, 3.8) is 0 Å². The molecule has 0 saturated heterocycles. The monoisotopic (exact) mass is 228 g/mol. The molecule has 0 aliphatic heterocycles. The molecule has 3 nitrogen and oxygen atoms in total. The average molecular weight is 228 g/mol. The Labute approximate surface area is 101 Å². The minimum absolute atomic E-state index is 0.303. The lowest BCUT2D eigenvalue weighted by molar-refractivity contribution is 0.404. The predicted octanol–water partition coefficient (Wildman–Crippen LogP) is 3.03. The van der Waals surface area contributed by atoms with E-state index < -0.39 is 0 Å². The number of benzene rings is 1. The molecule has 2 aromatic rings. The van der Waals surface area contributed by atoms with E-state index in [1.165, 1.54) is 29.4 Å². The van der Waals surface area contributed by atoms with E-state index >= 15 is 0 Å². The minimum atomic E-state index is 0.303. The molecule has 3 heteroatoms. The first-order valence-electron chi connectivity index (χ1n) is 6.05. The maximum absolute atomic E-state index is 5.91. The van der Waals surface area contributed by atoms with E-state index in [9.17, 15) is 0 Å². The number of aryl methyl sites for hydroxylation is 2. The summed E-state index contributed by atoms with van der Waals surface area (Å²) in [6.07, 6.45) is 4.98. The van der Waals surface area contributed by atoms with Gasteiger partial charge in [0.15, 0.2) is 0 Å². The van der Waals surface area contributed by atoms with Crippen molar-refractivity contribution in [3.05, 3.63) is 46.8 Å². The SMILES string of the molecule is Cc1ccc2c(c1)C(c1nocc1N)CCC2. The van der Waals surface area contributed by atoms with Crippen LogP contribution in [0.5, 0.6) is 0 Å². The van der Waals surface area contributed by atoms with Crippen molar-refractivity contribution in [2.75, 3.05) is 5.73 Å². The number of rotatable bonds is 1. The lowest BCUT2D eigenvalue weighted by atomic mass is 9.80. The second-order valence-corrected chi connectivity index (χ2v) is 4.80. The van der Waals surface area contributed by atoms with Crippen LogP contribution >= 0.6 is 0 Å². The van der Waals surface area contributed by atoms with E-state index in [0.29, 0.717) is 11.6 Å². The highest BCUT2D eigenvalue weighted by Crippen LogP contribution is 2.38. The maximum Gasteiger partial charge on any atom is 0.147 e. The van der Waals surface area contributed by atoms with Gasteiger partial charge < -0.3 is 10.3 Å². The third-order valence-corrected chi connectivity index (χ3v) is 3.57. The van der Waals surface area contributed by atoms with Crippen molar-refractivity contribution in [2.45, 2.75) is 32.1 Å². The largest absolute Gasteiger partial charge is 0.395 e. The van der Waals surface area contributed by atoms with E-state index in [2.05, 4.69) is 30.3 Å². The quantitative estimate of drug-likeness (QED) is 0.816. The molecule has 1 aromatic heterocycles. The molecular formula is C14H16N2O. The van der Waals surface area contributed by atoms with Crippen LogP contribution in [0.1, 0.15) is 41.1 Å². The van der Waals surface area contributed by atoms with Crippen LogP contribution < -0.4 is 5.73 Å². The zero-order valence-corrected chi connectivity index (χ0v) is 9.94. The molecule has 1 aromatic carbocycles. The van der Waals surface area contributed by atoms with E-state index in [0.717, 1.165) is 18.5 Å². The minimum Gasteiger partial charge on any atom is -0.395 e. The maximum atomic E-state index is 5.91. The Morgan fingerprint density at radius 3 is 3.06 bits per heavy atom. The van der Waals surface area contributed by atoms with Crippen LogP contribution in [0.15, 0.2) is 29.0 Å². The zero-order valence-electron chi connectivity index (χ0n) is 9.94. The van der Waals surface area contributed by atoms with Gasteiger partial charge in [-0.05, 0) is 37.3 Å². The van der Waals surface area contributed by atoms with Gasteiger partial charge in [0.05, 0.1) is 5.69 Å². The van der Waals surface area contributed by atoms with Crippen LogP contribution in [-0.2, 0) is 6.42 Å². The number of aromatic nitrogens is 1. The summed E-state index contributed by atoms with van der Waals surface area (Å²) in [7, 11) is 0. The summed E-state index contributed by atoms with van der Waals surface area (Å²) in [5.74, 6) is 0.303. The highest BCUT2D eigenvalue weighted by Gasteiger charge is 2.25. The first kappa shape index (κ1) is 10.4. The fourth-order valence-electron chi connectivity index (χ4n) is 2.72. The molecule has 1 aliphatic carbocycles. The Bertz CT molecular complexity index is 545. The van der Waals surface area contributed by atoms with Crippen molar-refractivity contribution in [1.29, 1.82) is 0 Å². The lowest BCUT2D eigenvalue weighted by Gasteiger charge is -2.24. The zero-order chi connectivity index (χ0) is 11.8. The molecule has 1 heterocycles. The van der Waals surface area contributed by atoms with Gasteiger partial charge in [-0.3, -0.25) is 0 Å². The number of hydrogen-bond acceptors (Lipinski definition) is 3.